The monoisotopic (exact) mass is 354 g/mol. The zero-order valence-electron chi connectivity index (χ0n) is 15.9. The molecule has 1 unspecified atom stereocenters. The molecule has 0 saturated heterocycles. The number of rotatable bonds is 10. The van der Waals surface area contributed by atoms with Gasteiger partial charge < -0.3 is 9.84 Å². The first kappa shape index (κ1) is 20.2. The van der Waals surface area contributed by atoms with Crippen LogP contribution in [0.5, 0.6) is 0 Å². The first-order valence-corrected chi connectivity index (χ1v) is 9.63. The third-order valence-electron chi connectivity index (χ3n) is 4.68. The van der Waals surface area contributed by atoms with Gasteiger partial charge in [0.2, 0.25) is 0 Å². The van der Waals surface area contributed by atoms with E-state index in [0.29, 0.717) is 6.61 Å². The molecule has 0 heterocycles. The maximum atomic E-state index is 11.7. The Bertz CT molecular complexity index is 659. The van der Waals surface area contributed by atoms with Crippen LogP contribution in [-0.4, -0.2) is 24.3 Å². The number of aryl methyl sites for hydroxylation is 1. The van der Waals surface area contributed by atoms with Gasteiger partial charge in [-0.1, -0.05) is 68.3 Å². The quantitative estimate of drug-likeness (QED) is 0.476. The summed E-state index contributed by atoms with van der Waals surface area (Å²) in [5.74, 6) is -0.488. The molecular formula is C23H30O3. The smallest absolute Gasteiger partial charge is 0.306 e. The number of ether oxygens (including phenoxy) is 1. The van der Waals surface area contributed by atoms with E-state index >= 15 is 0 Å². The topological polar surface area (TPSA) is 46.5 Å². The van der Waals surface area contributed by atoms with E-state index in [4.69, 9.17) is 4.74 Å². The van der Waals surface area contributed by atoms with Crippen molar-refractivity contribution in [2.24, 2.45) is 0 Å². The Morgan fingerprint density at radius 3 is 2.12 bits per heavy atom. The molecule has 3 nitrogen and oxygen atoms in total. The highest BCUT2D eigenvalue weighted by molar-refractivity contribution is 5.71. The largest absolute Gasteiger partial charge is 0.466 e. The number of benzene rings is 2. The second-order valence-electron chi connectivity index (χ2n) is 6.66. The molecule has 0 aromatic heterocycles. The Morgan fingerprint density at radius 2 is 1.58 bits per heavy atom. The van der Waals surface area contributed by atoms with E-state index in [0.717, 1.165) is 17.5 Å². The van der Waals surface area contributed by atoms with Crippen molar-refractivity contribution in [2.75, 3.05) is 13.2 Å². The maximum absolute atomic E-state index is 11.7. The van der Waals surface area contributed by atoms with E-state index in [1.807, 2.05) is 12.1 Å². The van der Waals surface area contributed by atoms with Gasteiger partial charge in [0, 0.05) is 5.92 Å². The molecule has 1 atom stereocenters. The molecule has 0 amide bonds. The van der Waals surface area contributed by atoms with Gasteiger partial charge in [-0.15, -0.1) is 0 Å². The standard InChI is InChI=1S/C23H30O3/c1-3-5-6-7-18-8-10-19(11-9-18)20-12-14-21(15-13-20)22(17-24)16-23(25)26-4-2/h8-15,22,24H,3-7,16-17H2,1-2H3. The summed E-state index contributed by atoms with van der Waals surface area (Å²) in [5, 5.41) is 9.59. The molecular weight excluding hydrogens is 324 g/mol. The lowest BCUT2D eigenvalue weighted by molar-refractivity contribution is -0.143. The lowest BCUT2D eigenvalue weighted by Crippen LogP contribution is -2.13. The van der Waals surface area contributed by atoms with E-state index in [2.05, 4.69) is 43.3 Å². The number of carbonyl (C=O) groups excluding carboxylic acids is 1. The van der Waals surface area contributed by atoms with Crippen molar-refractivity contribution in [2.45, 2.75) is 51.9 Å². The highest BCUT2D eigenvalue weighted by atomic mass is 16.5. The van der Waals surface area contributed by atoms with Crippen LogP contribution in [-0.2, 0) is 16.0 Å². The van der Waals surface area contributed by atoms with Crippen molar-refractivity contribution in [3.8, 4) is 11.1 Å². The molecule has 0 bridgehead atoms. The van der Waals surface area contributed by atoms with Gasteiger partial charge in [-0.2, -0.15) is 0 Å². The second-order valence-corrected chi connectivity index (χ2v) is 6.66. The Labute approximate surface area is 157 Å². The number of hydrogen-bond donors (Lipinski definition) is 1. The van der Waals surface area contributed by atoms with Gasteiger partial charge in [0.1, 0.15) is 0 Å². The van der Waals surface area contributed by atoms with E-state index in [1.165, 1.54) is 30.4 Å². The molecule has 0 aliphatic heterocycles. The minimum atomic E-state index is -0.269. The first-order chi connectivity index (χ1) is 12.7. The summed E-state index contributed by atoms with van der Waals surface area (Å²) in [6.07, 6.45) is 5.11. The summed E-state index contributed by atoms with van der Waals surface area (Å²) < 4.78 is 4.98. The van der Waals surface area contributed by atoms with Gasteiger partial charge in [-0.3, -0.25) is 4.79 Å². The average molecular weight is 354 g/mol. The van der Waals surface area contributed by atoms with Crippen LogP contribution in [0.4, 0.5) is 0 Å². The Balaban J connectivity index is 2.02. The molecule has 2 aromatic rings. The molecule has 140 valence electrons. The molecule has 0 aliphatic rings. The number of esters is 1. The molecule has 3 heteroatoms. The van der Waals surface area contributed by atoms with Crippen molar-refractivity contribution in [1.29, 1.82) is 0 Å². The summed E-state index contributed by atoms with van der Waals surface area (Å²) in [5.41, 5.74) is 4.66. The number of aliphatic hydroxyl groups is 1. The molecule has 26 heavy (non-hydrogen) atoms. The predicted molar refractivity (Wildman–Crippen MR) is 106 cm³/mol. The Hall–Kier alpha value is -2.13. The third kappa shape index (κ3) is 5.99. The molecule has 2 rings (SSSR count). The van der Waals surface area contributed by atoms with Gasteiger partial charge >= 0.3 is 5.97 Å². The minimum Gasteiger partial charge on any atom is -0.466 e. The van der Waals surface area contributed by atoms with Gasteiger partial charge in [0.25, 0.3) is 0 Å². The van der Waals surface area contributed by atoms with Crippen LogP contribution in [0, 0.1) is 0 Å². The Kier molecular flexibility index (Phi) is 8.36. The van der Waals surface area contributed by atoms with Crippen molar-refractivity contribution in [1.82, 2.24) is 0 Å². The zero-order chi connectivity index (χ0) is 18.8. The fraction of sp³-hybridized carbons (Fsp3) is 0.435. The lowest BCUT2D eigenvalue weighted by atomic mass is 9.94. The van der Waals surface area contributed by atoms with Crippen molar-refractivity contribution in [3.05, 3.63) is 59.7 Å². The van der Waals surface area contributed by atoms with Crippen LogP contribution in [0.25, 0.3) is 11.1 Å². The van der Waals surface area contributed by atoms with Crippen LogP contribution >= 0.6 is 0 Å². The molecule has 1 N–H and O–H groups in total. The molecule has 0 fully saturated rings. The van der Waals surface area contributed by atoms with E-state index in [-0.39, 0.29) is 24.9 Å². The van der Waals surface area contributed by atoms with E-state index in [9.17, 15) is 9.90 Å². The van der Waals surface area contributed by atoms with Crippen LogP contribution in [0.1, 0.15) is 56.6 Å². The fourth-order valence-corrected chi connectivity index (χ4v) is 3.10. The normalized spacial score (nSPS) is 12.0. The SMILES string of the molecule is CCCCCc1ccc(-c2ccc(C(CO)CC(=O)OCC)cc2)cc1. The maximum Gasteiger partial charge on any atom is 0.306 e. The van der Waals surface area contributed by atoms with Crippen LogP contribution in [0.2, 0.25) is 0 Å². The summed E-state index contributed by atoms with van der Waals surface area (Å²) in [6.45, 7) is 4.31. The number of unbranched alkanes of at least 4 members (excludes halogenated alkanes) is 2. The summed E-state index contributed by atoms with van der Waals surface area (Å²) in [6, 6.07) is 16.8. The number of carbonyl (C=O) groups is 1. The minimum absolute atomic E-state index is 0.0649. The molecule has 0 radical (unpaired) electrons. The first-order valence-electron chi connectivity index (χ1n) is 9.63. The molecule has 0 aliphatic carbocycles. The van der Waals surface area contributed by atoms with Gasteiger partial charge in [-0.05, 0) is 42.0 Å². The average Bonchev–Trinajstić information content (AvgIpc) is 2.67. The fourth-order valence-electron chi connectivity index (χ4n) is 3.10. The van der Waals surface area contributed by atoms with Crippen LogP contribution in [0.15, 0.2) is 48.5 Å². The third-order valence-corrected chi connectivity index (χ3v) is 4.68. The summed E-state index contributed by atoms with van der Waals surface area (Å²) >= 11 is 0. The zero-order valence-corrected chi connectivity index (χ0v) is 15.9. The van der Waals surface area contributed by atoms with Gasteiger partial charge in [0.15, 0.2) is 0 Å². The van der Waals surface area contributed by atoms with Crippen LogP contribution in [0.3, 0.4) is 0 Å². The summed E-state index contributed by atoms with van der Waals surface area (Å²) in [7, 11) is 0. The highest BCUT2D eigenvalue weighted by Crippen LogP contribution is 2.25. The number of hydrogen-bond acceptors (Lipinski definition) is 3. The molecule has 0 saturated carbocycles. The summed E-state index contributed by atoms with van der Waals surface area (Å²) in [4.78, 5) is 11.7. The Morgan fingerprint density at radius 1 is 0.962 bits per heavy atom. The van der Waals surface area contributed by atoms with Gasteiger partial charge in [0.05, 0.1) is 19.6 Å². The molecule has 2 aromatic carbocycles. The van der Waals surface area contributed by atoms with Crippen molar-refractivity contribution >= 4 is 5.97 Å². The lowest BCUT2D eigenvalue weighted by Gasteiger charge is -2.14. The van der Waals surface area contributed by atoms with Gasteiger partial charge in [-0.25, -0.2) is 0 Å². The van der Waals surface area contributed by atoms with E-state index < -0.39 is 0 Å². The predicted octanol–water partition coefficient (Wildman–Crippen LogP) is 5.12. The highest BCUT2D eigenvalue weighted by Gasteiger charge is 2.16. The second kappa shape index (κ2) is 10.8. The van der Waals surface area contributed by atoms with Crippen molar-refractivity contribution < 1.29 is 14.6 Å². The molecule has 0 spiro atoms. The van der Waals surface area contributed by atoms with E-state index in [1.54, 1.807) is 6.92 Å². The van der Waals surface area contributed by atoms with Crippen LogP contribution < -0.4 is 0 Å². The number of aliphatic hydroxyl groups excluding tert-OH is 1. The van der Waals surface area contributed by atoms with Crippen molar-refractivity contribution in [3.63, 3.8) is 0 Å².